The first-order chi connectivity index (χ1) is 13.7. The number of H-pyrrole nitrogens is 1. The van der Waals surface area contributed by atoms with Crippen LogP contribution in [0.1, 0.15) is 29.7 Å². The van der Waals surface area contributed by atoms with Crippen LogP contribution in [0.2, 0.25) is 0 Å². The first-order valence-electron chi connectivity index (χ1n) is 9.72. The van der Waals surface area contributed by atoms with Gasteiger partial charge in [-0.05, 0) is 36.1 Å². The van der Waals surface area contributed by atoms with Gasteiger partial charge in [-0.25, -0.2) is 0 Å². The van der Waals surface area contributed by atoms with Crippen molar-refractivity contribution in [1.82, 2.24) is 20.2 Å². The Balaban J connectivity index is 1.24. The predicted octanol–water partition coefficient (Wildman–Crippen LogP) is 2.59. The Labute approximate surface area is 164 Å². The van der Waals surface area contributed by atoms with E-state index in [0.717, 1.165) is 29.6 Å². The standard InChI is InChI=1S/C22H24N4O2/c27-21(24-12-9-16-4-3-11-23-14-16)7-8-22(28)26-13-10-18-17-5-1-2-6-19(17)25-20(18)15-26/h1-6,11,14,25H,7-10,12-13,15H2,(H,24,27). The highest BCUT2D eigenvalue weighted by molar-refractivity contribution is 5.86. The van der Waals surface area contributed by atoms with Gasteiger partial charge < -0.3 is 15.2 Å². The van der Waals surface area contributed by atoms with Crippen LogP contribution in [0.4, 0.5) is 0 Å². The van der Waals surface area contributed by atoms with Gasteiger partial charge in [0.1, 0.15) is 0 Å². The van der Waals surface area contributed by atoms with E-state index in [9.17, 15) is 9.59 Å². The van der Waals surface area contributed by atoms with Crippen LogP contribution in [0.25, 0.3) is 10.9 Å². The minimum absolute atomic E-state index is 0.0340. The molecule has 1 aromatic carbocycles. The third-order valence-corrected chi connectivity index (χ3v) is 5.26. The third kappa shape index (κ3) is 4.06. The first kappa shape index (κ1) is 18.2. The lowest BCUT2D eigenvalue weighted by atomic mass is 10.0. The fourth-order valence-corrected chi connectivity index (χ4v) is 3.77. The van der Waals surface area contributed by atoms with E-state index in [1.165, 1.54) is 10.9 Å². The number of para-hydroxylation sites is 1. The van der Waals surface area contributed by atoms with Crippen LogP contribution in [-0.2, 0) is 29.0 Å². The highest BCUT2D eigenvalue weighted by Gasteiger charge is 2.23. The Hall–Kier alpha value is -3.15. The van der Waals surface area contributed by atoms with Crippen molar-refractivity contribution in [3.05, 3.63) is 65.6 Å². The first-order valence-corrected chi connectivity index (χ1v) is 9.72. The quantitative estimate of drug-likeness (QED) is 0.694. The van der Waals surface area contributed by atoms with Crippen molar-refractivity contribution in [2.75, 3.05) is 13.1 Å². The molecule has 0 aliphatic carbocycles. The highest BCUT2D eigenvalue weighted by atomic mass is 16.2. The number of hydrogen-bond donors (Lipinski definition) is 2. The molecule has 2 aromatic heterocycles. The summed E-state index contributed by atoms with van der Waals surface area (Å²) < 4.78 is 0. The van der Waals surface area contributed by atoms with Gasteiger partial charge in [-0.15, -0.1) is 0 Å². The molecule has 6 heteroatoms. The van der Waals surface area contributed by atoms with Gasteiger partial charge in [-0.1, -0.05) is 24.3 Å². The number of carbonyl (C=O) groups excluding carboxylic acids is 2. The largest absolute Gasteiger partial charge is 0.357 e. The van der Waals surface area contributed by atoms with Crippen molar-refractivity contribution in [3.63, 3.8) is 0 Å². The van der Waals surface area contributed by atoms with E-state index in [1.54, 1.807) is 12.4 Å². The lowest BCUT2D eigenvalue weighted by molar-refractivity contribution is -0.134. The SMILES string of the molecule is O=C(CCC(=O)N1CCc2c([nH]c3ccccc23)C1)NCCc1cccnc1. The Kier molecular flexibility index (Phi) is 5.37. The molecule has 6 nitrogen and oxygen atoms in total. The number of nitrogens with zero attached hydrogens (tertiary/aromatic N) is 2. The smallest absolute Gasteiger partial charge is 0.223 e. The molecule has 1 aliphatic rings. The van der Waals surface area contributed by atoms with E-state index >= 15 is 0 Å². The van der Waals surface area contributed by atoms with Crippen LogP contribution < -0.4 is 5.32 Å². The summed E-state index contributed by atoms with van der Waals surface area (Å²) in [6.45, 7) is 1.85. The Bertz CT molecular complexity index is 981. The average Bonchev–Trinajstić information content (AvgIpc) is 3.10. The minimum atomic E-state index is -0.0828. The number of fused-ring (bicyclic) bond motifs is 3. The maximum absolute atomic E-state index is 12.5. The summed E-state index contributed by atoms with van der Waals surface area (Å²) in [4.78, 5) is 33.9. The number of nitrogens with one attached hydrogen (secondary N) is 2. The second-order valence-corrected chi connectivity index (χ2v) is 7.15. The van der Waals surface area contributed by atoms with Gasteiger partial charge in [0.15, 0.2) is 0 Å². The summed E-state index contributed by atoms with van der Waals surface area (Å²) in [6, 6.07) is 12.1. The van der Waals surface area contributed by atoms with E-state index in [2.05, 4.69) is 27.4 Å². The molecule has 0 unspecified atom stereocenters. The molecule has 0 bridgehead atoms. The fraction of sp³-hybridized carbons (Fsp3) is 0.318. The molecule has 0 fully saturated rings. The molecule has 0 saturated heterocycles. The molecule has 0 radical (unpaired) electrons. The van der Waals surface area contributed by atoms with Crippen LogP contribution in [0.3, 0.4) is 0 Å². The van der Waals surface area contributed by atoms with Gasteiger partial charge in [0.25, 0.3) is 0 Å². The number of rotatable bonds is 6. The van der Waals surface area contributed by atoms with Gasteiger partial charge in [-0.3, -0.25) is 14.6 Å². The molecule has 3 heterocycles. The zero-order valence-electron chi connectivity index (χ0n) is 15.8. The summed E-state index contributed by atoms with van der Waals surface area (Å²) in [5.41, 5.74) is 4.63. The molecular weight excluding hydrogens is 352 g/mol. The lowest BCUT2D eigenvalue weighted by Gasteiger charge is -2.27. The van der Waals surface area contributed by atoms with Crippen molar-refractivity contribution >= 4 is 22.7 Å². The summed E-state index contributed by atoms with van der Waals surface area (Å²) in [5, 5.41) is 4.13. The number of carbonyl (C=O) groups is 2. The van der Waals surface area contributed by atoms with Crippen molar-refractivity contribution < 1.29 is 9.59 Å². The zero-order valence-corrected chi connectivity index (χ0v) is 15.8. The van der Waals surface area contributed by atoms with Gasteiger partial charge in [0, 0.05) is 54.9 Å². The number of hydrogen-bond acceptors (Lipinski definition) is 3. The second-order valence-electron chi connectivity index (χ2n) is 7.15. The van der Waals surface area contributed by atoms with Gasteiger partial charge in [0.05, 0.1) is 6.54 Å². The maximum atomic E-state index is 12.5. The summed E-state index contributed by atoms with van der Waals surface area (Å²) in [5.74, 6) is -0.0488. The van der Waals surface area contributed by atoms with Crippen LogP contribution in [0.5, 0.6) is 0 Å². The molecule has 28 heavy (non-hydrogen) atoms. The topological polar surface area (TPSA) is 78.1 Å². The lowest BCUT2D eigenvalue weighted by Crippen LogP contribution is -2.36. The zero-order chi connectivity index (χ0) is 19.3. The van der Waals surface area contributed by atoms with Crippen molar-refractivity contribution in [2.45, 2.75) is 32.2 Å². The van der Waals surface area contributed by atoms with E-state index in [0.29, 0.717) is 19.6 Å². The molecule has 2 amide bonds. The minimum Gasteiger partial charge on any atom is -0.357 e. The predicted molar refractivity (Wildman–Crippen MR) is 108 cm³/mol. The third-order valence-electron chi connectivity index (χ3n) is 5.26. The van der Waals surface area contributed by atoms with Gasteiger partial charge >= 0.3 is 0 Å². The number of aromatic nitrogens is 2. The van der Waals surface area contributed by atoms with Gasteiger partial charge in [-0.2, -0.15) is 0 Å². The van der Waals surface area contributed by atoms with E-state index in [1.807, 2.05) is 29.2 Å². The molecule has 144 valence electrons. The normalized spacial score (nSPS) is 13.4. The molecule has 4 rings (SSSR count). The molecule has 2 N–H and O–H groups in total. The number of benzene rings is 1. The number of pyridine rings is 1. The van der Waals surface area contributed by atoms with E-state index in [4.69, 9.17) is 0 Å². The molecule has 1 aliphatic heterocycles. The number of aromatic amines is 1. The summed E-state index contributed by atoms with van der Waals surface area (Å²) in [7, 11) is 0. The monoisotopic (exact) mass is 376 g/mol. The summed E-state index contributed by atoms with van der Waals surface area (Å²) in [6.07, 6.45) is 5.58. The van der Waals surface area contributed by atoms with E-state index in [-0.39, 0.29) is 24.7 Å². The van der Waals surface area contributed by atoms with Gasteiger partial charge in [0.2, 0.25) is 11.8 Å². The van der Waals surface area contributed by atoms with E-state index < -0.39 is 0 Å². The average molecular weight is 376 g/mol. The Morgan fingerprint density at radius 3 is 2.89 bits per heavy atom. The number of amides is 2. The van der Waals surface area contributed by atoms with Crippen LogP contribution in [0, 0.1) is 0 Å². The molecule has 0 saturated carbocycles. The van der Waals surface area contributed by atoms with Crippen molar-refractivity contribution in [1.29, 1.82) is 0 Å². The molecule has 0 spiro atoms. The fourth-order valence-electron chi connectivity index (χ4n) is 3.77. The Morgan fingerprint density at radius 1 is 1.14 bits per heavy atom. The maximum Gasteiger partial charge on any atom is 0.223 e. The summed E-state index contributed by atoms with van der Waals surface area (Å²) >= 11 is 0. The Morgan fingerprint density at radius 2 is 2.04 bits per heavy atom. The van der Waals surface area contributed by atoms with Crippen LogP contribution >= 0.6 is 0 Å². The second kappa shape index (κ2) is 8.25. The highest BCUT2D eigenvalue weighted by Crippen LogP contribution is 2.27. The van der Waals surface area contributed by atoms with Crippen LogP contribution in [-0.4, -0.2) is 39.8 Å². The van der Waals surface area contributed by atoms with Crippen LogP contribution in [0.15, 0.2) is 48.8 Å². The van der Waals surface area contributed by atoms with Crippen molar-refractivity contribution in [2.24, 2.45) is 0 Å². The molecule has 0 atom stereocenters. The van der Waals surface area contributed by atoms with Crippen molar-refractivity contribution in [3.8, 4) is 0 Å². The molecular formula is C22H24N4O2. The molecule has 3 aromatic rings.